The van der Waals surface area contributed by atoms with Gasteiger partial charge >= 0.3 is 11.9 Å². The SMILES string of the molecule is CCOC(=O)C(=O)NC(C)c1ccccc1Cl. The minimum Gasteiger partial charge on any atom is -0.459 e. The fraction of sp³-hybridized carbons (Fsp3) is 0.333. The molecule has 0 aliphatic carbocycles. The lowest BCUT2D eigenvalue weighted by Gasteiger charge is -2.14. The highest BCUT2D eigenvalue weighted by Gasteiger charge is 2.18. The van der Waals surface area contributed by atoms with Gasteiger partial charge in [0.25, 0.3) is 0 Å². The van der Waals surface area contributed by atoms with Crippen LogP contribution in [-0.4, -0.2) is 18.5 Å². The zero-order chi connectivity index (χ0) is 12.8. The molecule has 0 heterocycles. The summed E-state index contributed by atoms with van der Waals surface area (Å²) in [7, 11) is 0. The molecule has 5 heteroatoms. The van der Waals surface area contributed by atoms with E-state index in [1.165, 1.54) is 0 Å². The molecule has 1 aromatic carbocycles. The largest absolute Gasteiger partial charge is 0.459 e. The molecule has 1 N–H and O–H groups in total. The number of benzene rings is 1. The molecule has 1 atom stereocenters. The average molecular weight is 256 g/mol. The van der Waals surface area contributed by atoms with E-state index in [2.05, 4.69) is 10.1 Å². The molecule has 0 aliphatic heterocycles. The van der Waals surface area contributed by atoms with E-state index in [-0.39, 0.29) is 12.6 Å². The van der Waals surface area contributed by atoms with Gasteiger partial charge in [-0.05, 0) is 25.5 Å². The lowest BCUT2D eigenvalue weighted by Crippen LogP contribution is -2.34. The molecular weight excluding hydrogens is 242 g/mol. The maximum Gasteiger partial charge on any atom is 0.396 e. The van der Waals surface area contributed by atoms with Crippen molar-refractivity contribution in [2.45, 2.75) is 19.9 Å². The number of hydrogen-bond donors (Lipinski definition) is 1. The molecule has 4 nitrogen and oxygen atoms in total. The van der Waals surface area contributed by atoms with Gasteiger partial charge in [0.05, 0.1) is 12.6 Å². The van der Waals surface area contributed by atoms with Crippen LogP contribution in [-0.2, 0) is 14.3 Å². The highest BCUT2D eigenvalue weighted by Crippen LogP contribution is 2.21. The Balaban J connectivity index is 2.67. The molecule has 1 rings (SSSR count). The number of nitrogens with one attached hydrogen (secondary N) is 1. The summed E-state index contributed by atoms with van der Waals surface area (Å²) in [5.41, 5.74) is 0.756. The smallest absolute Gasteiger partial charge is 0.396 e. The lowest BCUT2D eigenvalue weighted by molar-refractivity contribution is -0.154. The maximum atomic E-state index is 11.4. The Hall–Kier alpha value is -1.55. The molecule has 0 saturated heterocycles. The van der Waals surface area contributed by atoms with Gasteiger partial charge in [-0.25, -0.2) is 4.79 Å². The van der Waals surface area contributed by atoms with Crippen LogP contribution in [0.5, 0.6) is 0 Å². The number of hydrogen-bond acceptors (Lipinski definition) is 3. The summed E-state index contributed by atoms with van der Waals surface area (Å²) in [6.07, 6.45) is 0. The van der Waals surface area contributed by atoms with Gasteiger partial charge in [-0.2, -0.15) is 0 Å². The van der Waals surface area contributed by atoms with Crippen LogP contribution >= 0.6 is 11.6 Å². The first kappa shape index (κ1) is 13.5. The molecule has 92 valence electrons. The Morgan fingerprint density at radius 1 is 1.41 bits per heavy atom. The number of amides is 1. The van der Waals surface area contributed by atoms with Gasteiger partial charge in [0.2, 0.25) is 0 Å². The number of ether oxygens (including phenoxy) is 1. The van der Waals surface area contributed by atoms with Gasteiger partial charge in [-0.15, -0.1) is 0 Å². The zero-order valence-electron chi connectivity index (χ0n) is 9.70. The van der Waals surface area contributed by atoms with Crippen LogP contribution < -0.4 is 5.32 Å². The number of rotatable bonds is 3. The molecule has 0 aliphatic rings. The van der Waals surface area contributed by atoms with Crippen molar-refractivity contribution in [3.63, 3.8) is 0 Å². The third-order valence-corrected chi connectivity index (χ3v) is 2.52. The van der Waals surface area contributed by atoms with Gasteiger partial charge in [0.15, 0.2) is 0 Å². The normalized spacial score (nSPS) is 11.7. The molecule has 1 amide bonds. The molecule has 1 unspecified atom stereocenters. The van der Waals surface area contributed by atoms with Crippen molar-refractivity contribution >= 4 is 23.5 Å². The summed E-state index contributed by atoms with van der Waals surface area (Å²) in [6, 6.07) is 6.78. The molecule has 0 radical (unpaired) electrons. The van der Waals surface area contributed by atoms with Crippen molar-refractivity contribution in [1.82, 2.24) is 5.32 Å². The second kappa shape index (κ2) is 6.25. The Bertz CT molecular complexity index is 420. The van der Waals surface area contributed by atoms with E-state index >= 15 is 0 Å². The Labute approximate surface area is 105 Å². The first-order chi connectivity index (χ1) is 8.06. The highest BCUT2D eigenvalue weighted by atomic mass is 35.5. The molecule has 0 bridgehead atoms. The summed E-state index contributed by atoms with van der Waals surface area (Å²) in [6.45, 7) is 3.56. The molecule has 0 saturated carbocycles. The van der Waals surface area contributed by atoms with Crippen molar-refractivity contribution in [1.29, 1.82) is 0 Å². The van der Waals surface area contributed by atoms with Crippen LogP contribution in [0.2, 0.25) is 5.02 Å². The van der Waals surface area contributed by atoms with Crippen molar-refractivity contribution < 1.29 is 14.3 Å². The van der Waals surface area contributed by atoms with E-state index in [0.29, 0.717) is 5.02 Å². The molecule has 17 heavy (non-hydrogen) atoms. The molecule has 1 aromatic rings. The Morgan fingerprint density at radius 3 is 2.65 bits per heavy atom. The fourth-order valence-electron chi connectivity index (χ4n) is 1.36. The van der Waals surface area contributed by atoms with E-state index in [1.807, 2.05) is 6.07 Å². The van der Waals surface area contributed by atoms with Gasteiger partial charge in [-0.1, -0.05) is 29.8 Å². The van der Waals surface area contributed by atoms with E-state index in [9.17, 15) is 9.59 Å². The van der Waals surface area contributed by atoms with Crippen LogP contribution in [0, 0.1) is 0 Å². The predicted molar refractivity (Wildman–Crippen MR) is 64.6 cm³/mol. The summed E-state index contributed by atoms with van der Waals surface area (Å²) in [5, 5.41) is 3.07. The second-order valence-corrected chi connectivity index (χ2v) is 3.84. The molecular formula is C12H14ClNO3. The first-order valence-electron chi connectivity index (χ1n) is 5.28. The van der Waals surface area contributed by atoms with Crippen molar-refractivity contribution in [2.24, 2.45) is 0 Å². The third-order valence-electron chi connectivity index (χ3n) is 2.18. The fourth-order valence-corrected chi connectivity index (χ4v) is 1.66. The second-order valence-electron chi connectivity index (χ2n) is 3.44. The number of halogens is 1. The van der Waals surface area contributed by atoms with E-state index in [4.69, 9.17) is 11.6 Å². The van der Waals surface area contributed by atoms with E-state index < -0.39 is 11.9 Å². The van der Waals surface area contributed by atoms with Gasteiger partial charge in [0.1, 0.15) is 0 Å². The predicted octanol–water partition coefficient (Wildman–Crippen LogP) is 2.08. The van der Waals surface area contributed by atoms with Gasteiger partial charge in [0, 0.05) is 5.02 Å². The molecule has 0 aromatic heterocycles. The van der Waals surface area contributed by atoms with Crippen molar-refractivity contribution in [2.75, 3.05) is 6.61 Å². The number of esters is 1. The third kappa shape index (κ3) is 3.75. The quantitative estimate of drug-likeness (QED) is 0.665. The molecule has 0 spiro atoms. The summed E-state index contributed by atoms with van der Waals surface area (Å²) >= 11 is 5.98. The van der Waals surface area contributed by atoms with Crippen LogP contribution in [0.4, 0.5) is 0 Å². The maximum absolute atomic E-state index is 11.4. The Morgan fingerprint density at radius 2 is 2.06 bits per heavy atom. The first-order valence-corrected chi connectivity index (χ1v) is 5.66. The topological polar surface area (TPSA) is 55.4 Å². The standard InChI is InChI=1S/C12H14ClNO3/c1-3-17-12(16)11(15)14-8(2)9-6-4-5-7-10(9)13/h4-8H,3H2,1-2H3,(H,14,15). The average Bonchev–Trinajstić information content (AvgIpc) is 2.29. The van der Waals surface area contributed by atoms with Crippen LogP contribution in [0.25, 0.3) is 0 Å². The monoisotopic (exact) mass is 255 g/mol. The van der Waals surface area contributed by atoms with E-state index in [0.717, 1.165) is 5.56 Å². The molecule has 0 fully saturated rings. The summed E-state index contributed by atoms with van der Waals surface area (Å²) in [4.78, 5) is 22.5. The minimum atomic E-state index is -0.883. The zero-order valence-corrected chi connectivity index (χ0v) is 10.5. The number of carbonyl (C=O) groups excluding carboxylic acids is 2. The van der Waals surface area contributed by atoms with Crippen LogP contribution in [0.1, 0.15) is 25.5 Å². The van der Waals surface area contributed by atoms with Gasteiger partial charge < -0.3 is 10.1 Å². The van der Waals surface area contributed by atoms with Crippen molar-refractivity contribution in [3.05, 3.63) is 34.9 Å². The number of carbonyl (C=O) groups is 2. The van der Waals surface area contributed by atoms with Crippen LogP contribution in [0.15, 0.2) is 24.3 Å². The Kier molecular flexibility index (Phi) is 4.97. The van der Waals surface area contributed by atoms with E-state index in [1.54, 1.807) is 32.0 Å². The highest BCUT2D eigenvalue weighted by molar-refractivity contribution is 6.33. The van der Waals surface area contributed by atoms with Crippen LogP contribution in [0.3, 0.4) is 0 Å². The summed E-state index contributed by atoms with van der Waals surface area (Å²) in [5.74, 6) is -1.65. The van der Waals surface area contributed by atoms with Crippen molar-refractivity contribution in [3.8, 4) is 0 Å². The summed E-state index contributed by atoms with van der Waals surface area (Å²) < 4.78 is 4.59. The lowest BCUT2D eigenvalue weighted by atomic mass is 10.1. The minimum absolute atomic E-state index is 0.173. The van der Waals surface area contributed by atoms with Gasteiger partial charge in [-0.3, -0.25) is 4.79 Å².